The van der Waals surface area contributed by atoms with Gasteiger partial charge < -0.3 is 9.47 Å². The third kappa shape index (κ3) is 6.67. The van der Waals surface area contributed by atoms with Crippen molar-refractivity contribution in [3.05, 3.63) is 105 Å². The van der Waals surface area contributed by atoms with Crippen LogP contribution in [0.5, 0.6) is 17.2 Å². The number of hydrogen-bond acceptors (Lipinski definition) is 7. The summed E-state index contributed by atoms with van der Waals surface area (Å²) < 4.78 is 51.0. The quantitative estimate of drug-likeness (QED) is 0.0916. The van der Waals surface area contributed by atoms with E-state index >= 15 is 0 Å². The van der Waals surface area contributed by atoms with E-state index < -0.39 is 51.5 Å². The number of barbiturate groups is 1. The number of hydrogen-bond donors (Lipinski definition) is 1. The smallest absolute Gasteiger partial charge is 0.416 e. The van der Waals surface area contributed by atoms with E-state index in [1.54, 1.807) is 6.92 Å². The van der Waals surface area contributed by atoms with Gasteiger partial charge in [0.15, 0.2) is 11.5 Å². The number of carbonyl (C=O) groups is 3. The molecular weight excluding hydrogens is 595 g/mol. The van der Waals surface area contributed by atoms with Gasteiger partial charge >= 0.3 is 17.9 Å². The highest BCUT2D eigenvalue weighted by molar-refractivity contribution is 6.39. The molecule has 3 aromatic rings. The van der Waals surface area contributed by atoms with Crippen molar-refractivity contribution < 1.29 is 42.0 Å². The largest absolute Gasteiger partial charge is 0.490 e. The lowest BCUT2D eigenvalue weighted by Gasteiger charge is -2.26. The zero-order valence-corrected chi connectivity index (χ0v) is 23.0. The third-order valence-electron chi connectivity index (χ3n) is 6.01. The molecular formula is C29H21ClF3N3O7. The number of amides is 4. The first-order valence-electron chi connectivity index (χ1n) is 12.4. The molecule has 1 saturated heterocycles. The van der Waals surface area contributed by atoms with Crippen molar-refractivity contribution in [2.75, 3.05) is 11.5 Å². The molecule has 1 aliphatic heterocycles. The molecule has 222 valence electrons. The Hall–Kier alpha value is -5.17. The Labute approximate surface area is 247 Å². The van der Waals surface area contributed by atoms with E-state index in [0.717, 1.165) is 11.0 Å². The van der Waals surface area contributed by atoms with Crippen LogP contribution in [0.25, 0.3) is 6.08 Å². The number of ether oxygens (including phenoxy) is 2. The van der Waals surface area contributed by atoms with E-state index in [4.69, 9.17) is 21.1 Å². The summed E-state index contributed by atoms with van der Waals surface area (Å²) in [6.45, 7) is 5.39. The van der Waals surface area contributed by atoms with E-state index in [0.29, 0.717) is 22.7 Å². The number of anilines is 1. The lowest BCUT2D eigenvalue weighted by atomic mass is 10.0. The number of nitro benzene ring substituents is 1. The fourth-order valence-corrected chi connectivity index (χ4v) is 4.26. The first kappa shape index (κ1) is 30.8. The molecule has 3 aromatic carbocycles. The van der Waals surface area contributed by atoms with Crippen LogP contribution in [-0.4, -0.2) is 29.4 Å². The molecule has 1 N–H and O–H groups in total. The van der Waals surface area contributed by atoms with Crippen LogP contribution in [0.1, 0.15) is 23.6 Å². The first-order valence-corrected chi connectivity index (χ1v) is 12.8. The molecule has 0 spiro atoms. The topological polar surface area (TPSA) is 128 Å². The van der Waals surface area contributed by atoms with Gasteiger partial charge in [-0.2, -0.15) is 13.2 Å². The number of alkyl halides is 3. The van der Waals surface area contributed by atoms with Crippen LogP contribution in [0.15, 0.2) is 72.8 Å². The van der Waals surface area contributed by atoms with E-state index in [2.05, 4.69) is 11.9 Å². The maximum absolute atomic E-state index is 13.3. The Morgan fingerprint density at radius 2 is 1.77 bits per heavy atom. The number of rotatable bonds is 9. The Bertz CT molecular complexity index is 1670. The van der Waals surface area contributed by atoms with Gasteiger partial charge in [-0.1, -0.05) is 17.7 Å². The average molecular weight is 616 g/mol. The maximum atomic E-state index is 13.3. The van der Waals surface area contributed by atoms with Crippen molar-refractivity contribution in [2.45, 2.75) is 19.5 Å². The highest BCUT2D eigenvalue weighted by Gasteiger charge is 2.37. The van der Waals surface area contributed by atoms with Crippen molar-refractivity contribution >= 4 is 46.9 Å². The van der Waals surface area contributed by atoms with Gasteiger partial charge in [-0.15, -0.1) is 6.58 Å². The number of imide groups is 2. The van der Waals surface area contributed by atoms with Crippen molar-refractivity contribution in [1.82, 2.24) is 5.32 Å². The van der Waals surface area contributed by atoms with E-state index in [1.165, 1.54) is 48.6 Å². The predicted octanol–water partition coefficient (Wildman–Crippen LogP) is 6.85. The average Bonchev–Trinajstić information content (AvgIpc) is 2.93. The second-order valence-corrected chi connectivity index (χ2v) is 9.34. The van der Waals surface area contributed by atoms with Gasteiger partial charge in [0.2, 0.25) is 5.75 Å². The molecule has 4 rings (SSSR count). The minimum Gasteiger partial charge on any atom is -0.490 e. The molecule has 0 unspecified atom stereocenters. The molecule has 0 aliphatic carbocycles. The molecule has 1 heterocycles. The zero-order chi connectivity index (χ0) is 31.5. The van der Waals surface area contributed by atoms with Gasteiger partial charge in [-0.3, -0.25) is 25.0 Å². The Balaban J connectivity index is 1.80. The zero-order valence-electron chi connectivity index (χ0n) is 22.2. The Kier molecular flexibility index (Phi) is 8.85. The van der Waals surface area contributed by atoms with Crippen molar-refractivity contribution in [3.63, 3.8) is 0 Å². The minimum atomic E-state index is -4.82. The van der Waals surface area contributed by atoms with Gasteiger partial charge in [-0.05, 0) is 73.5 Å². The van der Waals surface area contributed by atoms with E-state index in [-0.39, 0.29) is 35.8 Å². The number of halogens is 4. The summed E-state index contributed by atoms with van der Waals surface area (Å²) in [7, 11) is 0. The van der Waals surface area contributed by atoms with Gasteiger partial charge in [0.1, 0.15) is 5.57 Å². The molecule has 0 atom stereocenters. The first-order chi connectivity index (χ1) is 20.3. The fourth-order valence-electron chi connectivity index (χ4n) is 4.13. The van der Waals surface area contributed by atoms with Crippen LogP contribution in [-0.2, 0) is 22.2 Å². The minimum absolute atomic E-state index is 0.0113. The van der Waals surface area contributed by atoms with E-state index in [1.807, 2.05) is 0 Å². The highest BCUT2D eigenvalue weighted by atomic mass is 35.5. The number of nitrogens with one attached hydrogen (secondary N) is 1. The molecule has 4 amide bonds. The summed E-state index contributed by atoms with van der Waals surface area (Å²) >= 11 is 5.90. The number of allylic oxidation sites excluding steroid dienone is 1. The standard InChI is InChI=1S/C29H21ClF3N3O7/c1-3-5-17-12-16(13-21-26(37)34-28(39)35(27(21)38)20-9-7-19(30)8-10-20)14-24(42-4-2)25(17)43-23-11-6-18(29(31,32)33)15-22(23)36(40)41/h3,6-15H,1,4-5H2,2H3,(H,34,37,39)/b21-13+. The fraction of sp³-hybridized carbons (Fsp3) is 0.138. The number of nitrogens with zero attached hydrogens (tertiary/aromatic N) is 2. The molecule has 0 radical (unpaired) electrons. The Morgan fingerprint density at radius 1 is 1.07 bits per heavy atom. The summed E-state index contributed by atoms with van der Waals surface area (Å²) in [6, 6.07) is 9.52. The molecule has 0 bridgehead atoms. The van der Waals surface area contributed by atoms with Crippen LogP contribution >= 0.6 is 11.6 Å². The van der Waals surface area contributed by atoms with Crippen LogP contribution < -0.4 is 19.7 Å². The van der Waals surface area contributed by atoms with Crippen LogP contribution in [0.3, 0.4) is 0 Å². The normalized spacial score (nSPS) is 14.5. The van der Waals surface area contributed by atoms with Crippen molar-refractivity contribution in [3.8, 4) is 17.2 Å². The van der Waals surface area contributed by atoms with Gasteiger partial charge in [-0.25, -0.2) is 9.69 Å². The summed E-state index contributed by atoms with van der Waals surface area (Å²) in [5.74, 6) is -2.39. The van der Waals surface area contributed by atoms with Gasteiger partial charge in [0, 0.05) is 16.7 Å². The van der Waals surface area contributed by atoms with Crippen molar-refractivity contribution in [1.29, 1.82) is 0 Å². The monoisotopic (exact) mass is 615 g/mol. The van der Waals surface area contributed by atoms with Crippen LogP contribution in [0.2, 0.25) is 5.02 Å². The van der Waals surface area contributed by atoms with Gasteiger partial charge in [0.05, 0.1) is 22.8 Å². The number of carbonyl (C=O) groups excluding carboxylic acids is 3. The third-order valence-corrected chi connectivity index (χ3v) is 6.26. The lowest BCUT2D eigenvalue weighted by Crippen LogP contribution is -2.54. The molecule has 1 fully saturated rings. The molecule has 1 aliphatic rings. The lowest BCUT2D eigenvalue weighted by molar-refractivity contribution is -0.385. The van der Waals surface area contributed by atoms with Crippen LogP contribution in [0, 0.1) is 10.1 Å². The highest BCUT2D eigenvalue weighted by Crippen LogP contribution is 2.42. The molecule has 0 aromatic heterocycles. The van der Waals surface area contributed by atoms with Crippen molar-refractivity contribution in [2.24, 2.45) is 0 Å². The summed E-state index contributed by atoms with van der Waals surface area (Å²) in [5, 5.41) is 14.1. The number of nitro groups is 1. The Morgan fingerprint density at radius 3 is 2.37 bits per heavy atom. The van der Waals surface area contributed by atoms with E-state index in [9.17, 15) is 37.7 Å². The molecule has 14 heteroatoms. The summed E-state index contributed by atoms with van der Waals surface area (Å²) in [5.41, 5.74) is -1.83. The number of benzene rings is 3. The number of urea groups is 1. The molecule has 10 nitrogen and oxygen atoms in total. The van der Waals surface area contributed by atoms with Crippen LogP contribution in [0.4, 0.5) is 29.3 Å². The second kappa shape index (κ2) is 12.4. The van der Waals surface area contributed by atoms with Gasteiger partial charge in [0.25, 0.3) is 11.8 Å². The second-order valence-electron chi connectivity index (χ2n) is 8.91. The molecule has 43 heavy (non-hydrogen) atoms. The SMILES string of the molecule is C=CCc1cc(/C=C2\C(=O)NC(=O)N(c3ccc(Cl)cc3)C2=O)cc(OCC)c1Oc1ccc(C(F)(F)F)cc1[N+](=O)[O-]. The maximum Gasteiger partial charge on any atom is 0.416 e. The molecule has 0 saturated carbocycles. The summed E-state index contributed by atoms with van der Waals surface area (Å²) in [6.07, 6.45) is -2.04. The summed E-state index contributed by atoms with van der Waals surface area (Å²) in [4.78, 5) is 49.9. The predicted molar refractivity (Wildman–Crippen MR) is 150 cm³/mol.